The van der Waals surface area contributed by atoms with E-state index in [4.69, 9.17) is 4.74 Å². The van der Waals surface area contributed by atoms with Gasteiger partial charge < -0.3 is 10.1 Å². The number of nitro groups is 1. The van der Waals surface area contributed by atoms with Crippen LogP contribution >= 0.6 is 22.6 Å². The first kappa shape index (κ1) is 21.4. The fraction of sp³-hybridized carbons (Fsp3) is 0.0455. The van der Waals surface area contributed by atoms with Crippen LogP contribution in [0.2, 0.25) is 0 Å². The summed E-state index contributed by atoms with van der Waals surface area (Å²) in [5.41, 5.74) is 0.418. The van der Waals surface area contributed by atoms with Gasteiger partial charge in [0.05, 0.1) is 34.9 Å². The zero-order chi connectivity index (χ0) is 23.0. The number of hydrogen-bond donors (Lipinski definition) is 1. The Morgan fingerprint density at radius 3 is 2.34 bits per heavy atom. The highest BCUT2D eigenvalue weighted by Gasteiger charge is 2.37. The van der Waals surface area contributed by atoms with Crippen LogP contribution in [0.4, 0.5) is 17.1 Å². The number of hydrogen-bond acceptors (Lipinski definition) is 6. The van der Waals surface area contributed by atoms with E-state index in [9.17, 15) is 24.5 Å². The zero-order valence-corrected chi connectivity index (χ0v) is 18.7. The molecule has 0 saturated heterocycles. The molecule has 0 bridgehead atoms. The molecule has 160 valence electrons. The summed E-state index contributed by atoms with van der Waals surface area (Å²) in [6.07, 6.45) is 0. The van der Waals surface area contributed by atoms with Crippen molar-refractivity contribution in [1.82, 2.24) is 0 Å². The number of fused-ring (bicyclic) bond motifs is 1. The lowest BCUT2D eigenvalue weighted by molar-refractivity contribution is -0.384. The molecule has 10 heteroatoms. The van der Waals surface area contributed by atoms with Crippen molar-refractivity contribution in [2.75, 3.05) is 17.3 Å². The monoisotopic (exact) mass is 543 g/mol. The third-order valence-electron chi connectivity index (χ3n) is 4.88. The summed E-state index contributed by atoms with van der Waals surface area (Å²) in [4.78, 5) is 50.2. The molecule has 0 aliphatic carbocycles. The number of methoxy groups -OCH3 is 1. The molecule has 3 aromatic carbocycles. The maximum atomic E-state index is 12.9. The number of ether oxygens (including phenoxy) is 1. The number of nitrogens with one attached hydrogen (secondary N) is 1. The van der Waals surface area contributed by atoms with Crippen molar-refractivity contribution in [3.05, 3.63) is 91.0 Å². The minimum Gasteiger partial charge on any atom is -0.496 e. The number of nitrogens with zero attached hydrogens (tertiary/aromatic N) is 2. The van der Waals surface area contributed by atoms with Crippen LogP contribution in [0.15, 0.2) is 60.7 Å². The van der Waals surface area contributed by atoms with Crippen LogP contribution in [0.3, 0.4) is 0 Å². The van der Waals surface area contributed by atoms with Crippen molar-refractivity contribution in [1.29, 1.82) is 0 Å². The number of benzene rings is 3. The van der Waals surface area contributed by atoms with Gasteiger partial charge >= 0.3 is 0 Å². The summed E-state index contributed by atoms with van der Waals surface area (Å²) in [6, 6.07) is 15.0. The fourth-order valence-electron chi connectivity index (χ4n) is 3.30. The van der Waals surface area contributed by atoms with Gasteiger partial charge in [0.25, 0.3) is 23.4 Å². The third kappa shape index (κ3) is 3.80. The molecular weight excluding hydrogens is 529 g/mol. The van der Waals surface area contributed by atoms with E-state index < -0.39 is 22.6 Å². The topological polar surface area (TPSA) is 119 Å². The predicted molar refractivity (Wildman–Crippen MR) is 124 cm³/mol. The predicted octanol–water partition coefficient (Wildman–Crippen LogP) is 4.26. The lowest BCUT2D eigenvalue weighted by Gasteiger charge is -2.13. The maximum Gasteiger partial charge on any atom is 0.296 e. The van der Waals surface area contributed by atoms with E-state index in [1.165, 1.54) is 43.5 Å². The van der Waals surface area contributed by atoms with E-state index in [0.717, 1.165) is 8.47 Å². The molecule has 0 atom stereocenters. The van der Waals surface area contributed by atoms with E-state index in [1.807, 2.05) is 0 Å². The fourth-order valence-corrected chi connectivity index (χ4v) is 3.66. The van der Waals surface area contributed by atoms with Crippen molar-refractivity contribution in [2.45, 2.75) is 0 Å². The molecule has 0 aromatic heterocycles. The molecule has 0 spiro atoms. The number of nitro benzene ring substituents is 1. The molecule has 1 N–H and O–H groups in total. The van der Waals surface area contributed by atoms with Gasteiger partial charge in [-0.2, -0.15) is 0 Å². The Morgan fingerprint density at radius 2 is 1.69 bits per heavy atom. The van der Waals surface area contributed by atoms with Gasteiger partial charge in [-0.3, -0.25) is 24.5 Å². The Balaban J connectivity index is 1.63. The first-order chi connectivity index (χ1) is 15.3. The third-order valence-corrected chi connectivity index (χ3v) is 5.60. The molecule has 9 nitrogen and oxygen atoms in total. The molecule has 1 aliphatic rings. The second-order valence-electron chi connectivity index (χ2n) is 6.78. The van der Waals surface area contributed by atoms with Gasteiger partial charge in [0.2, 0.25) is 0 Å². The number of carbonyl (C=O) groups is 3. The quantitative estimate of drug-likeness (QED) is 0.222. The van der Waals surface area contributed by atoms with Crippen molar-refractivity contribution in [2.24, 2.45) is 0 Å². The number of amides is 3. The largest absolute Gasteiger partial charge is 0.496 e. The molecule has 3 aromatic rings. The highest BCUT2D eigenvalue weighted by Crippen LogP contribution is 2.31. The Kier molecular flexibility index (Phi) is 5.61. The number of anilines is 2. The standard InChI is InChI=1S/C22H14IN3O6/c1-32-15-7-9-18(19(11-15)26(30)31)24-20(27)12-2-8-16-17(10-12)22(29)25(21(16)28)14-5-3-13(23)4-6-14/h2-11H,1H3,(H,24,27). The molecule has 0 saturated carbocycles. The smallest absolute Gasteiger partial charge is 0.296 e. The van der Waals surface area contributed by atoms with Crippen molar-refractivity contribution in [3.63, 3.8) is 0 Å². The Hall–Kier alpha value is -3.80. The molecule has 1 heterocycles. The van der Waals surface area contributed by atoms with Gasteiger partial charge in [0.1, 0.15) is 11.4 Å². The van der Waals surface area contributed by atoms with Gasteiger partial charge in [-0.25, -0.2) is 4.90 Å². The van der Waals surface area contributed by atoms with Crippen molar-refractivity contribution < 1.29 is 24.0 Å². The summed E-state index contributed by atoms with van der Waals surface area (Å²) in [7, 11) is 1.37. The first-order valence-electron chi connectivity index (χ1n) is 9.22. The van der Waals surface area contributed by atoms with Gasteiger partial charge in [-0.1, -0.05) is 0 Å². The highest BCUT2D eigenvalue weighted by atomic mass is 127. The summed E-state index contributed by atoms with van der Waals surface area (Å²) in [5, 5.41) is 13.8. The van der Waals surface area contributed by atoms with Gasteiger partial charge in [-0.15, -0.1) is 0 Å². The van der Waals surface area contributed by atoms with E-state index in [1.54, 1.807) is 24.3 Å². The second kappa shape index (κ2) is 8.38. The normalized spacial score (nSPS) is 12.5. The molecule has 1 aliphatic heterocycles. The van der Waals surface area contributed by atoms with E-state index in [-0.39, 0.29) is 33.8 Å². The molecule has 0 unspecified atom stereocenters. The van der Waals surface area contributed by atoms with Gasteiger partial charge in [0.15, 0.2) is 0 Å². The number of rotatable bonds is 5. The molecule has 4 rings (SSSR count). The number of halogens is 1. The molecule has 32 heavy (non-hydrogen) atoms. The van der Waals surface area contributed by atoms with Crippen LogP contribution in [0.1, 0.15) is 31.1 Å². The van der Waals surface area contributed by atoms with Gasteiger partial charge in [0, 0.05) is 9.13 Å². The van der Waals surface area contributed by atoms with E-state index >= 15 is 0 Å². The number of carbonyl (C=O) groups excluding carboxylic acids is 3. The van der Waals surface area contributed by atoms with E-state index in [2.05, 4.69) is 27.9 Å². The summed E-state index contributed by atoms with van der Waals surface area (Å²) in [6.45, 7) is 0. The minimum atomic E-state index is -0.658. The van der Waals surface area contributed by atoms with Crippen molar-refractivity contribution in [3.8, 4) is 5.75 Å². The first-order valence-corrected chi connectivity index (χ1v) is 10.3. The summed E-state index contributed by atoms with van der Waals surface area (Å²) < 4.78 is 5.94. The minimum absolute atomic E-state index is 0.0239. The molecule has 0 fully saturated rings. The average molecular weight is 543 g/mol. The lowest BCUT2D eigenvalue weighted by atomic mass is 10.1. The van der Waals surface area contributed by atoms with Crippen LogP contribution in [0.25, 0.3) is 0 Å². The summed E-state index contributed by atoms with van der Waals surface area (Å²) in [5.74, 6) is -1.42. The Morgan fingerprint density at radius 1 is 1.00 bits per heavy atom. The summed E-state index contributed by atoms with van der Waals surface area (Å²) >= 11 is 2.12. The Labute approximate surface area is 195 Å². The average Bonchev–Trinajstić information content (AvgIpc) is 3.04. The zero-order valence-electron chi connectivity index (χ0n) is 16.5. The van der Waals surface area contributed by atoms with Crippen LogP contribution in [0, 0.1) is 13.7 Å². The molecular formula is C22H14IN3O6. The number of imide groups is 1. The SMILES string of the molecule is COc1ccc(NC(=O)c2ccc3c(c2)C(=O)N(c2ccc(I)cc2)C3=O)c([N+](=O)[O-])c1. The van der Waals surface area contributed by atoms with Crippen LogP contribution in [-0.2, 0) is 0 Å². The second-order valence-corrected chi connectivity index (χ2v) is 8.02. The molecule has 0 radical (unpaired) electrons. The van der Waals surface area contributed by atoms with E-state index in [0.29, 0.717) is 5.69 Å². The van der Waals surface area contributed by atoms with Crippen LogP contribution in [-0.4, -0.2) is 29.8 Å². The molecule has 3 amide bonds. The lowest BCUT2D eigenvalue weighted by Crippen LogP contribution is -2.29. The van der Waals surface area contributed by atoms with Crippen LogP contribution < -0.4 is 15.0 Å². The van der Waals surface area contributed by atoms with Crippen molar-refractivity contribution >= 4 is 57.4 Å². The van der Waals surface area contributed by atoms with Gasteiger partial charge in [-0.05, 0) is 77.2 Å². The van der Waals surface area contributed by atoms with Crippen LogP contribution in [0.5, 0.6) is 5.75 Å². The Bertz CT molecular complexity index is 1290. The highest BCUT2D eigenvalue weighted by molar-refractivity contribution is 14.1. The maximum absolute atomic E-state index is 12.9.